The van der Waals surface area contributed by atoms with Crippen LogP contribution in [0.3, 0.4) is 0 Å². The number of unbranched alkanes of at least 4 members (excludes halogenated alkanes) is 4. The van der Waals surface area contributed by atoms with Crippen molar-refractivity contribution in [1.82, 2.24) is 5.32 Å². The van der Waals surface area contributed by atoms with Crippen molar-refractivity contribution in [2.75, 3.05) is 6.54 Å². The van der Waals surface area contributed by atoms with Crippen LogP contribution in [-0.2, 0) is 4.79 Å². The summed E-state index contributed by atoms with van der Waals surface area (Å²) >= 11 is 0. The topological polar surface area (TPSA) is 31.2 Å². The molecule has 0 aromatic carbocycles. The van der Waals surface area contributed by atoms with Crippen LogP contribution in [0.4, 0.5) is 0 Å². The van der Waals surface area contributed by atoms with Gasteiger partial charge in [0, 0.05) is 13.0 Å². The van der Waals surface area contributed by atoms with Crippen LogP contribution < -0.4 is 5.32 Å². The highest BCUT2D eigenvalue weighted by atomic mass is 16.1. The smallest absolute Gasteiger partial charge is 0.241 e. The lowest BCUT2D eigenvalue weighted by molar-refractivity contribution is -0.121. The molecule has 0 unspecified atom stereocenters. The summed E-state index contributed by atoms with van der Waals surface area (Å²) in [4.78, 5) is 11.1. The summed E-state index contributed by atoms with van der Waals surface area (Å²) in [5.74, 6) is 0.101. The summed E-state index contributed by atoms with van der Waals surface area (Å²) in [5.41, 5.74) is 0. The van der Waals surface area contributed by atoms with Crippen LogP contribution in [0.2, 0.25) is 0 Å². The Balaban J connectivity index is 3.11. The summed E-state index contributed by atoms with van der Waals surface area (Å²) in [5, 5.41) is 3.97. The van der Waals surface area contributed by atoms with Crippen LogP contribution in [0.25, 0.3) is 0 Å². The molecule has 0 aromatic rings. The van der Waals surface area contributed by atoms with Gasteiger partial charge in [0.05, 0.1) is 0 Å². The minimum atomic E-state index is 0.101. The molecule has 0 atom stereocenters. The van der Waals surface area contributed by atoms with Gasteiger partial charge in [-0.1, -0.05) is 39.5 Å². The molecule has 0 aromatic heterocycles. The quantitative estimate of drug-likeness (QED) is 0.534. The van der Waals surface area contributed by atoms with E-state index in [1.54, 1.807) is 0 Å². The molecular formula is C11H22NO. The Bertz CT molecular complexity index is 123. The Labute approximate surface area is 82.1 Å². The standard InChI is InChI=1S/C11H22NO/c1-3-5-7-8-9-11(13)12-10-6-4-2/h3-10H2,1-2H3. The van der Waals surface area contributed by atoms with E-state index >= 15 is 0 Å². The minimum Gasteiger partial charge on any atom is -0.273 e. The summed E-state index contributed by atoms with van der Waals surface area (Å²) < 4.78 is 0. The Kier molecular flexibility index (Phi) is 9.17. The van der Waals surface area contributed by atoms with Gasteiger partial charge in [0.1, 0.15) is 0 Å². The first kappa shape index (κ1) is 12.5. The highest BCUT2D eigenvalue weighted by molar-refractivity contribution is 5.75. The van der Waals surface area contributed by atoms with Crippen molar-refractivity contribution in [3.63, 3.8) is 0 Å². The first-order chi connectivity index (χ1) is 6.31. The Morgan fingerprint density at radius 3 is 2.31 bits per heavy atom. The van der Waals surface area contributed by atoms with Crippen LogP contribution >= 0.6 is 0 Å². The molecule has 1 amide bonds. The normalized spacial score (nSPS) is 10.0. The molecule has 0 rings (SSSR count). The number of rotatable bonds is 8. The molecule has 2 nitrogen and oxygen atoms in total. The van der Waals surface area contributed by atoms with Gasteiger partial charge >= 0.3 is 0 Å². The molecular weight excluding hydrogens is 162 g/mol. The molecule has 0 aliphatic rings. The molecule has 0 saturated carbocycles. The van der Waals surface area contributed by atoms with Crippen molar-refractivity contribution >= 4 is 5.91 Å². The number of hydrogen-bond acceptors (Lipinski definition) is 1. The predicted octanol–water partition coefficient (Wildman–Crippen LogP) is 2.89. The summed E-state index contributed by atoms with van der Waals surface area (Å²) in [6.45, 7) is 5.01. The van der Waals surface area contributed by atoms with Gasteiger partial charge < -0.3 is 0 Å². The molecule has 0 bridgehead atoms. The number of amides is 1. The molecule has 1 radical (unpaired) electrons. The van der Waals surface area contributed by atoms with E-state index in [0.29, 0.717) is 6.42 Å². The molecule has 0 heterocycles. The first-order valence-corrected chi connectivity index (χ1v) is 5.51. The second kappa shape index (κ2) is 9.56. The molecule has 77 valence electrons. The van der Waals surface area contributed by atoms with Crippen molar-refractivity contribution in [3.8, 4) is 0 Å². The van der Waals surface area contributed by atoms with Gasteiger partial charge in [-0.25, -0.2) is 0 Å². The zero-order chi connectivity index (χ0) is 9.94. The maximum Gasteiger partial charge on any atom is 0.241 e. The molecule has 2 heteroatoms. The van der Waals surface area contributed by atoms with Gasteiger partial charge in [-0.3, -0.25) is 10.1 Å². The zero-order valence-corrected chi connectivity index (χ0v) is 9.01. The monoisotopic (exact) mass is 184 g/mol. The third-order valence-electron chi connectivity index (χ3n) is 2.04. The van der Waals surface area contributed by atoms with Crippen LogP contribution in [0.5, 0.6) is 0 Å². The van der Waals surface area contributed by atoms with E-state index in [1.165, 1.54) is 19.3 Å². The number of hydrogen-bond donors (Lipinski definition) is 0. The van der Waals surface area contributed by atoms with Gasteiger partial charge in [-0.2, -0.15) is 0 Å². The van der Waals surface area contributed by atoms with Crippen molar-refractivity contribution < 1.29 is 4.79 Å². The third kappa shape index (κ3) is 9.38. The molecule has 0 saturated heterocycles. The fraction of sp³-hybridized carbons (Fsp3) is 0.909. The number of carbonyl (C=O) groups excluding carboxylic acids is 1. The summed E-state index contributed by atoms with van der Waals surface area (Å²) in [6, 6.07) is 0. The third-order valence-corrected chi connectivity index (χ3v) is 2.04. The van der Waals surface area contributed by atoms with E-state index in [2.05, 4.69) is 19.2 Å². The molecule has 0 fully saturated rings. The van der Waals surface area contributed by atoms with Crippen LogP contribution in [0.15, 0.2) is 0 Å². The van der Waals surface area contributed by atoms with E-state index in [9.17, 15) is 4.79 Å². The lowest BCUT2D eigenvalue weighted by atomic mass is 10.1. The fourth-order valence-corrected chi connectivity index (χ4v) is 1.14. The van der Waals surface area contributed by atoms with Crippen molar-refractivity contribution in [1.29, 1.82) is 0 Å². The molecule has 13 heavy (non-hydrogen) atoms. The SMILES string of the molecule is CCCCCCC(=O)[N]CCCC. The minimum absolute atomic E-state index is 0.101. The van der Waals surface area contributed by atoms with Gasteiger partial charge in [0.15, 0.2) is 0 Å². The molecule has 0 aliphatic carbocycles. The Morgan fingerprint density at radius 1 is 1.00 bits per heavy atom. The van der Waals surface area contributed by atoms with Crippen LogP contribution in [0, 0.1) is 0 Å². The van der Waals surface area contributed by atoms with Crippen molar-refractivity contribution in [2.24, 2.45) is 0 Å². The van der Waals surface area contributed by atoms with Gasteiger partial charge in [0.2, 0.25) is 5.91 Å². The van der Waals surface area contributed by atoms with E-state index in [-0.39, 0.29) is 5.91 Å². The second-order valence-corrected chi connectivity index (χ2v) is 3.44. The Hall–Kier alpha value is -0.530. The number of carbonyl (C=O) groups is 1. The van der Waals surface area contributed by atoms with Gasteiger partial charge in [0.25, 0.3) is 0 Å². The molecule has 0 spiro atoms. The van der Waals surface area contributed by atoms with Crippen LogP contribution in [0.1, 0.15) is 58.8 Å². The maximum atomic E-state index is 11.1. The van der Waals surface area contributed by atoms with E-state index in [0.717, 1.165) is 25.8 Å². The van der Waals surface area contributed by atoms with Crippen LogP contribution in [-0.4, -0.2) is 12.5 Å². The number of nitrogens with zero attached hydrogens (tertiary/aromatic N) is 1. The zero-order valence-electron chi connectivity index (χ0n) is 9.01. The highest BCUT2D eigenvalue weighted by Crippen LogP contribution is 2.02. The van der Waals surface area contributed by atoms with E-state index in [4.69, 9.17) is 0 Å². The Morgan fingerprint density at radius 2 is 1.69 bits per heavy atom. The first-order valence-electron chi connectivity index (χ1n) is 5.51. The average Bonchev–Trinajstić information content (AvgIpc) is 2.13. The predicted molar refractivity (Wildman–Crippen MR) is 55.7 cm³/mol. The average molecular weight is 184 g/mol. The van der Waals surface area contributed by atoms with Gasteiger partial charge in [-0.15, -0.1) is 0 Å². The summed E-state index contributed by atoms with van der Waals surface area (Å²) in [6.07, 6.45) is 7.47. The molecule has 0 aliphatic heterocycles. The van der Waals surface area contributed by atoms with E-state index in [1.807, 2.05) is 0 Å². The van der Waals surface area contributed by atoms with Crippen molar-refractivity contribution in [3.05, 3.63) is 0 Å². The fourth-order valence-electron chi connectivity index (χ4n) is 1.14. The molecule has 0 N–H and O–H groups in total. The summed E-state index contributed by atoms with van der Waals surface area (Å²) in [7, 11) is 0. The lowest BCUT2D eigenvalue weighted by Crippen LogP contribution is -2.16. The van der Waals surface area contributed by atoms with E-state index < -0.39 is 0 Å². The second-order valence-electron chi connectivity index (χ2n) is 3.44. The highest BCUT2D eigenvalue weighted by Gasteiger charge is 2.00. The van der Waals surface area contributed by atoms with Gasteiger partial charge in [-0.05, 0) is 12.8 Å². The van der Waals surface area contributed by atoms with Crippen molar-refractivity contribution in [2.45, 2.75) is 58.8 Å². The largest absolute Gasteiger partial charge is 0.273 e. The lowest BCUT2D eigenvalue weighted by Gasteiger charge is -2.00. The maximum absolute atomic E-state index is 11.1.